The largest absolute Gasteiger partial charge is 0.396 e. The summed E-state index contributed by atoms with van der Waals surface area (Å²) in [5.74, 6) is -0.410. The molecule has 3 nitrogen and oxygen atoms in total. The van der Waals surface area contributed by atoms with Crippen molar-refractivity contribution < 1.29 is 9.90 Å². The first kappa shape index (κ1) is 10.8. The molecule has 0 spiro atoms. The lowest BCUT2D eigenvalue weighted by atomic mass is 9.97. The number of aromatic nitrogens is 1. The first-order chi connectivity index (χ1) is 7.74. The molecule has 1 atom stereocenters. The number of hydrogen-bond acceptors (Lipinski definition) is 3. The highest BCUT2D eigenvalue weighted by molar-refractivity contribution is 6.08. The zero-order chi connectivity index (χ0) is 11.5. The summed E-state index contributed by atoms with van der Waals surface area (Å²) in [5, 5.41) is 9.84. The van der Waals surface area contributed by atoms with Gasteiger partial charge in [-0.3, -0.25) is 9.78 Å². The van der Waals surface area contributed by atoms with Crippen molar-refractivity contribution >= 4 is 16.7 Å². The quantitative estimate of drug-likeness (QED) is 0.797. The molecule has 0 saturated heterocycles. The molecule has 1 N–H and O–H groups in total. The van der Waals surface area contributed by atoms with E-state index in [9.17, 15) is 4.79 Å². The van der Waals surface area contributed by atoms with Crippen molar-refractivity contribution in [3.05, 3.63) is 42.1 Å². The number of ketones is 1. The average molecular weight is 215 g/mol. The summed E-state index contributed by atoms with van der Waals surface area (Å²) < 4.78 is 0. The van der Waals surface area contributed by atoms with Crippen LogP contribution in [0, 0.1) is 5.92 Å². The van der Waals surface area contributed by atoms with Crippen LogP contribution >= 0.6 is 0 Å². The third-order valence-electron chi connectivity index (χ3n) is 2.64. The minimum absolute atomic E-state index is 0.0406. The van der Waals surface area contributed by atoms with E-state index in [0.717, 1.165) is 10.9 Å². The molecule has 1 aromatic carbocycles. The lowest BCUT2D eigenvalue weighted by molar-refractivity contribution is 0.0879. The zero-order valence-electron chi connectivity index (χ0n) is 9.05. The van der Waals surface area contributed by atoms with Crippen LogP contribution in [0.15, 0.2) is 36.5 Å². The molecule has 0 bridgehead atoms. The van der Waals surface area contributed by atoms with Gasteiger partial charge in [0.2, 0.25) is 0 Å². The van der Waals surface area contributed by atoms with Gasteiger partial charge in [0.25, 0.3) is 0 Å². The second-order valence-corrected chi connectivity index (χ2v) is 3.82. The van der Waals surface area contributed by atoms with Gasteiger partial charge < -0.3 is 5.11 Å². The number of pyridine rings is 1. The highest BCUT2D eigenvalue weighted by Crippen LogP contribution is 2.19. The fraction of sp³-hybridized carbons (Fsp3) is 0.231. The topological polar surface area (TPSA) is 50.2 Å². The monoisotopic (exact) mass is 215 g/mol. The molecular formula is C13H13NO2. The highest BCUT2D eigenvalue weighted by atomic mass is 16.3. The second kappa shape index (κ2) is 4.41. The van der Waals surface area contributed by atoms with Gasteiger partial charge >= 0.3 is 0 Å². The Kier molecular flexibility index (Phi) is 2.97. The van der Waals surface area contributed by atoms with Crippen molar-refractivity contribution in [2.24, 2.45) is 5.92 Å². The number of carbonyl (C=O) groups is 1. The van der Waals surface area contributed by atoms with Crippen LogP contribution in [0.5, 0.6) is 0 Å². The standard InChI is InChI=1S/C13H13NO2/c1-9(8-15)13(16)11-6-7-14-12-5-3-2-4-10(11)12/h2-7,9,15H,8H2,1H3. The first-order valence-electron chi connectivity index (χ1n) is 5.23. The summed E-state index contributed by atoms with van der Waals surface area (Å²) in [7, 11) is 0. The smallest absolute Gasteiger partial charge is 0.168 e. The predicted molar refractivity (Wildman–Crippen MR) is 62.3 cm³/mol. The van der Waals surface area contributed by atoms with E-state index in [1.807, 2.05) is 24.3 Å². The van der Waals surface area contributed by atoms with Crippen LogP contribution in [0.4, 0.5) is 0 Å². The number of benzene rings is 1. The van der Waals surface area contributed by atoms with Crippen LogP contribution in [-0.4, -0.2) is 22.5 Å². The van der Waals surface area contributed by atoms with E-state index < -0.39 is 0 Å². The van der Waals surface area contributed by atoms with E-state index in [0.29, 0.717) is 5.56 Å². The maximum absolute atomic E-state index is 12.0. The van der Waals surface area contributed by atoms with E-state index in [1.54, 1.807) is 19.2 Å². The predicted octanol–water partition coefficient (Wildman–Crippen LogP) is 2.05. The molecule has 0 aliphatic carbocycles. The molecule has 0 fully saturated rings. The number of Topliss-reactive ketones (excluding diaryl/α,β-unsaturated/α-hetero) is 1. The van der Waals surface area contributed by atoms with Gasteiger partial charge in [-0.1, -0.05) is 25.1 Å². The summed E-state index contributed by atoms with van der Waals surface area (Å²) in [6.45, 7) is 1.59. The summed E-state index contributed by atoms with van der Waals surface area (Å²) in [5.41, 5.74) is 1.44. The highest BCUT2D eigenvalue weighted by Gasteiger charge is 2.16. The van der Waals surface area contributed by atoms with Crippen LogP contribution < -0.4 is 0 Å². The molecule has 0 amide bonds. The van der Waals surface area contributed by atoms with E-state index in [4.69, 9.17) is 5.11 Å². The van der Waals surface area contributed by atoms with Crippen molar-refractivity contribution in [2.75, 3.05) is 6.61 Å². The van der Waals surface area contributed by atoms with E-state index in [-0.39, 0.29) is 18.3 Å². The second-order valence-electron chi connectivity index (χ2n) is 3.82. The molecular weight excluding hydrogens is 202 g/mol. The van der Waals surface area contributed by atoms with Crippen LogP contribution in [0.2, 0.25) is 0 Å². The Morgan fingerprint density at radius 1 is 1.38 bits per heavy atom. The number of aliphatic hydroxyl groups excluding tert-OH is 1. The van der Waals surface area contributed by atoms with Gasteiger partial charge in [0.1, 0.15) is 0 Å². The average Bonchev–Trinajstić information content (AvgIpc) is 2.36. The lowest BCUT2D eigenvalue weighted by Crippen LogP contribution is -2.15. The Balaban J connectivity index is 2.56. The summed E-state index contributed by atoms with van der Waals surface area (Å²) >= 11 is 0. The Bertz CT molecular complexity index is 517. The van der Waals surface area contributed by atoms with E-state index in [1.165, 1.54) is 0 Å². The molecule has 3 heteroatoms. The third kappa shape index (κ3) is 1.82. The van der Waals surface area contributed by atoms with Gasteiger partial charge in [-0.05, 0) is 12.1 Å². The van der Waals surface area contributed by atoms with Gasteiger partial charge in [0.15, 0.2) is 5.78 Å². The molecule has 16 heavy (non-hydrogen) atoms. The Hall–Kier alpha value is -1.74. The van der Waals surface area contributed by atoms with Gasteiger partial charge in [-0.15, -0.1) is 0 Å². The first-order valence-corrected chi connectivity index (χ1v) is 5.23. The Morgan fingerprint density at radius 2 is 2.12 bits per heavy atom. The molecule has 1 aromatic heterocycles. The molecule has 2 aromatic rings. The molecule has 0 aliphatic heterocycles. The minimum atomic E-state index is -0.370. The molecule has 82 valence electrons. The van der Waals surface area contributed by atoms with Crippen LogP contribution in [-0.2, 0) is 0 Å². The summed E-state index contributed by atoms with van der Waals surface area (Å²) in [6.07, 6.45) is 1.62. The minimum Gasteiger partial charge on any atom is -0.396 e. The Morgan fingerprint density at radius 3 is 2.88 bits per heavy atom. The third-order valence-corrected chi connectivity index (χ3v) is 2.64. The van der Waals surface area contributed by atoms with Gasteiger partial charge in [-0.2, -0.15) is 0 Å². The SMILES string of the molecule is CC(CO)C(=O)c1ccnc2ccccc12. The molecule has 1 unspecified atom stereocenters. The summed E-state index contributed by atoms with van der Waals surface area (Å²) in [4.78, 5) is 16.2. The number of para-hydroxylation sites is 1. The lowest BCUT2D eigenvalue weighted by Gasteiger charge is -2.09. The number of fused-ring (bicyclic) bond motifs is 1. The van der Waals surface area contributed by atoms with Gasteiger partial charge in [0, 0.05) is 23.1 Å². The number of hydrogen-bond donors (Lipinski definition) is 1. The fourth-order valence-electron chi connectivity index (χ4n) is 1.66. The number of aliphatic hydroxyl groups is 1. The fourth-order valence-corrected chi connectivity index (χ4v) is 1.66. The zero-order valence-corrected chi connectivity index (χ0v) is 9.05. The molecule has 0 radical (unpaired) electrons. The van der Waals surface area contributed by atoms with Crippen molar-refractivity contribution in [2.45, 2.75) is 6.92 Å². The number of carbonyl (C=O) groups excluding carboxylic acids is 1. The summed E-state index contributed by atoms with van der Waals surface area (Å²) in [6, 6.07) is 9.22. The maximum Gasteiger partial charge on any atom is 0.168 e. The van der Waals surface area contributed by atoms with Crippen LogP contribution in [0.1, 0.15) is 17.3 Å². The molecule has 1 heterocycles. The normalized spacial score (nSPS) is 12.6. The number of rotatable bonds is 3. The van der Waals surface area contributed by atoms with Crippen molar-refractivity contribution in [1.29, 1.82) is 0 Å². The molecule has 0 saturated carbocycles. The molecule has 0 aliphatic rings. The van der Waals surface area contributed by atoms with Crippen molar-refractivity contribution in [3.8, 4) is 0 Å². The van der Waals surface area contributed by atoms with Crippen molar-refractivity contribution in [3.63, 3.8) is 0 Å². The maximum atomic E-state index is 12.0. The Labute approximate surface area is 93.7 Å². The van der Waals surface area contributed by atoms with Crippen molar-refractivity contribution in [1.82, 2.24) is 4.98 Å². The van der Waals surface area contributed by atoms with Crippen LogP contribution in [0.25, 0.3) is 10.9 Å². The molecule has 2 rings (SSSR count). The van der Waals surface area contributed by atoms with E-state index >= 15 is 0 Å². The van der Waals surface area contributed by atoms with Gasteiger partial charge in [-0.25, -0.2) is 0 Å². The number of nitrogens with zero attached hydrogens (tertiary/aromatic N) is 1. The van der Waals surface area contributed by atoms with Crippen LogP contribution in [0.3, 0.4) is 0 Å². The van der Waals surface area contributed by atoms with Gasteiger partial charge in [0.05, 0.1) is 12.1 Å². The van der Waals surface area contributed by atoms with E-state index in [2.05, 4.69) is 4.98 Å².